The lowest BCUT2D eigenvalue weighted by molar-refractivity contribution is 0.0952. The van der Waals surface area contributed by atoms with Gasteiger partial charge in [-0.1, -0.05) is 30.3 Å². The van der Waals surface area contributed by atoms with Crippen LogP contribution in [0.15, 0.2) is 66.9 Å². The van der Waals surface area contributed by atoms with Gasteiger partial charge in [-0.15, -0.1) is 0 Å². The van der Waals surface area contributed by atoms with Gasteiger partial charge in [0.15, 0.2) is 27.2 Å². The van der Waals surface area contributed by atoms with Crippen LogP contribution in [0, 0.1) is 11.7 Å². The van der Waals surface area contributed by atoms with Crippen LogP contribution in [0.4, 0.5) is 10.2 Å². The number of hydrogen-bond acceptors (Lipinski definition) is 6. The van der Waals surface area contributed by atoms with E-state index >= 15 is 0 Å². The molecule has 0 saturated carbocycles. The normalized spacial score (nSPS) is 15.0. The molecule has 42 heavy (non-hydrogen) atoms. The lowest BCUT2D eigenvalue weighted by atomic mass is 9.84. The van der Waals surface area contributed by atoms with Gasteiger partial charge in [0, 0.05) is 41.4 Å². The second-order valence-electron chi connectivity index (χ2n) is 10.8. The van der Waals surface area contributed by atoms with Crippen LogP contribution in [0.25, 0.3) is 11.3 Å². The first-order chi connectivity index (χ1) is 20.1. The number of ketones is 1. The summed E-state index contributed by atoms with van der Waals surface area (Å²) in [6, 6.07) is 17.1. The van der Waals surface area contributed by atoms with E-state index in [-0.39, 0.29) is 41.0 Å². The number of ether oxygens (including phenoxy) is 1. The second-order valence-corrected chi connectivity index (χ2v) is 13.4. The molecule has 0 saturated heterocycles. The molecular formula is C32H32FN3O5S. The molecule has 0 fully saturated rings. The van der Waals surface area contributed by atoms with Gasteiger partial charge in [0.05, 0.1) is 23.8 Å². The number of nitrogens with one attached hydrogen (secondary N) is 2. The van der Waals surface area contributed by atoms with E-state index in [4.69, 9.17) is 4.74 Å². The Balaban J connectivity index is 1.50. The molecule has 0 radical (unpaired) electrons. The number of carbonyl (C=O) groups excluding carboxylic acids is 2. The first kappa shape index (κ1) is 29.2. The van der Waals surface area contributed by atoms with E-state index in [2.05, 4.69) is 15.3 Å². The van der Waals surface area contributed by atoms with Crippen molar-refractivity contribution in [3.05, 3.63) is 101 Å². The lowest BCUT2D eigenvalue weighted by Crippen LogP contribution is -2.29. The van der Waals surface area contributed by atoms with Gasteiger partial charge in [-0.3, -0.25) is 9.59 Å². The minimum Gasteiger partial charge on any atom is -0.494 e. The van der Waals surface area contributed by atoms with Crippen LogP contribution in [0.5, 0.6) is 5.75 Å². The summed E-state index contributed by atoms with van der Waals surface area (Å²) in [4.78, 5) is 34.2. The Morgan fingerprint density at radius 3 is 2.60 bits per heavy atom. The molecule has 1 unspecified atom stereocenters. The van der Waals surface area contributed by atoms with Crippen molar-refractivity contribution in [3.8, 4) is 17.0 Å². The number of amides is 1. The van der Waals surface area contributed by atoms with Gasteiger partial charge in [-0.25, -0.2) is 17.8 Å². The number of carbonyl (C=O) groups is 2. The average Bonchev–Trinajstić information content (AvgIpc) is 3.32. The highest BCUT2D eigenvalue weighted by Crippen LogP contribution is 2.37. The first-order valence-corrected chi connectivity index (χ1v) is 15.4. The third-order valence-corrected chi connectivity index (χ3v) is 9.91. The number of aromatic nitrogens is 2. The highest BCUT2D eigenvalue weighted by molar-refractivity contribution is 7.91. The number of nitrogens with zero attached hydrogens (tertiary/aromatic N) is 1. The van der Waals surface area contributed by atoms with Gasteiger partial charge < -0.3 is 15.0 Å². The Kier molecular flexibility index (Phi) is 8.27. The van der Waals surface area contributed by atoms with E-state index in [0.29, 0.717) is 29.7 Å². The first-order valence-electron chi connectivity index (χ1n) is 13.7. The fourth-order valence-corrected chi connectivity index (χ4v) is 6.59. The van der Waals surface area contributed by atoms with Crippen LogP contribution in [0.1, 0.15) is 57.8 Å². The van der Waals surface area contributed by atoms with Gasteiger partial charge in [0.2, 0.25) is 0 Å². The van der Waals surface area contributed by atoms with Crippen molar-refractivity contribution >= 4 is 27.3 Å². The van der Waals surface area contributed by atoms with Gasteiger partial charge in [0.25, 0.3) is 5.91 Å². The van der Waals surface area contributed by atoms with Gasteiger partial charge in [0.1, 0.15) is 5.82 Å². The zero-order valence-corrected chi connectivity index (χ0v) is 24.4. The number of rotatable bonds is 9. The molecule has 1 atom stereocenters. The number of sulfone groups is 1. The summed E-state index contributed by atoms with van der Waals surface area (Å²) in [5.74, 6) is -1.28. The number of anilines is 1. The Morgan fingerprint density at radius 1 is 1.12 bits per heavy atom. The van der Waals surface area contributed by atoms with Gasteiger partial charge >= 0.3 is 0 Å². The predicted molar refractivity (Wildman–Crippen MR) is 159 cm³/mol. The van der Waals surface area contributed by atoms with Crippen LogP contribution in [-0.4, -0.2) is 48.2 Å². The summed E-state index contributed by atoms with van der Waals surface area (Å²) in [6.07, 6.45) is 2.65. The SMILES string of the molecule is COc1cc(C(=O)Nc2cc(-c3[nH]c4c(c3Cc3ccccc3)C(=O)CC(CS(=O)(=O)C(C)C)C4)ccn2)ccc1F. The molecule has 2 heterocycles. The predicted octanol–water partition coefficient (Wildman–Crippen LogP) is 5.64. The van der Waals surface area contributed by atoms with E-state index in [0.717, 1.165) is 22.9 Å². The van der Waals surface area contributed by atoms with Crippen LogP contribution in [-0.2, 0) is 22.7 Å². The van der Waals surface area contributed by atoms with Crippen molar-refractivity contribution in [1.29, 1.82) is 0 Å². The van der Waals surface area contributed by atoms with Crippen LogP contribution >= 0.6 is 0 Å². The molecule has 10 heteroatoms. The molecule has 2 aromatic heterocycles. The highest BCUT2D eigenvalue weighted by Gasteiger charge is 2.34. The third kappa shape index (κ3) is 6.13. The number of Topliss-reactive ketones (excluding diaryl/α,β-unsaturated/α-hetero) is 1. The molecule has 2 N–H and O–H groups in total. The van der Waals surface area contributed by atoms with Crippen LogP contribution < -0.4 is 10.1 Å². The fraction of sp³-hybridized carbons (Fsp3) is 0.281. The van der Waals surface area contributed by atoms with E-state index in [9.17, 15) is 22.4 Å². The zero-order chi connectivity index (χ0) is 30.0. The van der Waals surface area contributed by atoms with Crippen molar-refractivity contribution in [2.45, 2.75) is 38.4 Å². The number of pyridine rings is 1. The number of methoxy groups -OCH3 is 1. The number of aromatic amines is 1. The maximum absolute atomic E-state index is 13.8. The van der Waals surface area contributed by atoms with Crippen molar-refractivity contribution in [2.24, 2.45) is 5.92 Å². The molecule has 0 bridgehead atoms. The van der Waals surface area contributed by atoms with E-state index in [1.165, 1.54) is 19.2 Å². The van der Waals surface area contributed by atoms with Crippen molar-refractivity contribution < 1.29 is 27.1 Å². The third-order valence-electron chi connectivity index (χ3n) is 7.54. The number of halogens is 1. The standard InChI is InChI=1S/C32H32FN3O5S/c1-19(2)42(39,40)18-21-14-26-30(27(37)15-21)24(13-20-7-5-4-6-8-20)31(35-26)22-11-12-34-29(17-22)36-32(38)23-9-10-25(33)28(16-23)41-3/h4-12,16-17,19,21,35H,13-15,18H2,1-3H3,(H,34,36,38). The monoisotopic (exact) mass is 589 g/mol. The molecule has 5 rings (SSSR count). The second kappa shape index (κ2) is 11.9. The molecule has 8 nitrogen and oxygen atoms in total. The topological polar surface area (TPSA) is 118 Å². The molecule has 0 aliphatic heterocycles. The number of hydrogen-bond donors (Lipinski definition) is 2. The van der Waals surface area contributed by atoms with E-state index in [1.54, 1.807) is 32.2 Å². The molecule has 1 aliphatic rings. The van der Waals surface area contributed by atoms with E-state index in [1.807, 2.05) is 30.3 Å². The quantitative estimate of drug-likeness (QED) is 0.261. The number of benzene rings is 2. The maximum atomic E-state index is 13.8. The van der Waals surface area contributed by atoms with Crippen molar-refractivity contribution in [1.82, 2.24) is 9.97 Å². The van der Waals surface area contributed by atoms with Crippen LogP contribution in [0.3, 0.4) is 0 Å². The summed E-state index contributed by atoms with van der Waals surface area (Å²) < 4.78 is 44.1. The molecular weight excluding hydrogens is 557 g/mol. The summed E-state index contributed by atoms with van der Waals surface area (Å²) in [6.45, 7) is 3.31. The molecule has 1 amide bonds. The summed E-state index contributed by atoms with van der Waals surface area (Å²) in [7, 11) is -1.99. The van der Waals surface area contributed by atoms with Gasteiger partial charge in [-0.2, -0.15) is 0 Å². The average molecular weight is 590 g/mol. The summed E-state index contributed by atoms with van der Waals surface area (Å²) in [5, 5.41) is 2.24. The Bertz CT molecular complexity index is 1750. The molecule has 0 spiro atoms. The van der Waals surface area contributed by atoms with Crippen molar-refractivity contribution in [3.63, 3.8) is 0 Å². The number of fused-ring (bicyclic) bond motifs is 1. The Labute approximate surface area is 244 Å². The lowest BCUT2D eigenvalue weighted by Gasteiger charge is -2.22. The fourth-order valence-electron chi connectivity index (χ4n) is 5.32. The molecule has 218 valence electrons. The summed E-state index contributed by atoms with van der Waals surface area (Å²) in [5.41, 5.74) is 4.78. The zero-order valence-electron chi connectivity index (χ0n) is 23.6. The Hall–Kier alpha value is -4.31. The highest BCUT2D eigenvalue weighted by atomic mass is 32.2. The minimum atomic E-state index is -3.32. The molecule has 2 aromatic carbocycles. The maximum Gasteiger partial charge on any atom is 0.256 e. The summed E-state index contributed by atoms with van der Waals surface area (Å²) >= 11 is 0. The van der Waals surface area contributed by atoms with Crippen LogP contribution in [0.2, 0.25) is 0 Å². The smallest absolute Gasteiger partial charge is 0.256 e. The van der Waals surface area contributed by atoms with Crippen molar-refractivity contribution in [2.75, 3.05) is 18.2 Å². The molecule has 1 aliphatic carbocycles. The Morgan fingerprint density at radius 2 is 1.88 bits per heavy atom. The van der Waals surface area contributed by atoms with Gasteiger partial charge in [-0.05, 0) is 67.6 Å². The van der Waals surface area contributed by atoms with E-state index < -0.39 is 26.8 Å². The minimum absolute atomic E-state index is 0.0438. The molecule has 4 aromatic rings. The number of H-pyrrole nitrogens is 1. The largest absolute Gasteiger partial charge is 0.494 e.